The van der Waals surface area contributed by atoms with Crippen molar-refractivity contribution in [3.63, 3.8) is 0 Å². The summed E-state index contributed by atoms with van der Waals surface area (Å²) in [7, 11) is 0. The quantitative estimate of drug-likeness (QED) is 0.183. The fraction of sp³-hybridized carbons (Fsp3) is 0. The van der Waals surface area contributed by atoms with Crippen molar-refractivity contribution in [1.82, 2.24) is 0 Å². The van der Waals surface area contributed by atoms with Crippen LogP contribution in [0.2, 0.25) is 0 Å². The fourth-order valence-corrected chi connectivity index (χ4v) is 6.66. The third-order valence-corrected chi connectivity index (χ3v) is 8.89. The maximum Gasteiger partial charge on any atom is 0.0785 e. The van der Waals surface area contributed by atoms with E-state index in [0.717, 1.165) is 29.3 Å². The summed E-state index contributed by atoms with van der Waals surface area (Å²) in [5, 5.41) is 2.50. The molecule has 6 rings (SSSR count). The van der Waals surface area contributed by atoms with Gasteiger partial charge in [0.15, 0.2) is 0 Å². The van der Waals surface area contributed by atoms with E-state index in [1.807, 2.05) is 24.3 Å². The molecule has 4 aromatic heterocycles. The maximum absolute atomic E-state index is 3.30. The highest BCUT2D eigenvalue weighted by atomic mass is 32.1. The minimum atomic E-state index is 1.02. The van der Waals surface area contributed by atoms with Crippen LogP contribution in [-0.4, -0.2) is 0 Å². The predicted molar refractivity (Wildman–Crippen MR) is 150 cm³/mol. The highest BCUT2D eigenvalue weighted by Gasteiger charge is 2.00. The van der Waals surface area contributed by atoms with E-state index in [2.05, 4.69) is 96.2 Å². The molecule has 0 fully saturated rings. The molecule has 0 nitrogen and oxygen atoms in total. The van der Waals surface area contributed by atoms with Crippen LogP contribution in [-0.2, 0) is 0 Å². The van der Waals surface area contributed by atoms with Gasteiger partial charge in [0.1, 0.15) is 0 Å². The number of benzene rings is 2. The average molecular weight is 503 g/mol. The SMILES string of the molecule is C(#Cc1ccc(C#Cc2cc3ccccc3s2)s1)c1ccc(C#Cc2cc3ccccc3s2)s1. The Morgan fingerprint density at radius 1 is 0.353 bits per heavy atom. The van der Waals surface area contributed by atoms with E-state index < -0.39 is 0 Å². The van der Waals surface area contributed by atoms with Gasteiger partial charge >= 0.3 is 0 Å². The van der Waals surface area contributed by atoms with Crippen LogP contribution >= 0.6 is 45.3 Å². The maximum atomic E-state index is 3.30. The lowest BCUT2D eigenvalue weighted by Gasteiger charge is -1.82. The first-order valence-electron chi connectivity index (χ1n) is 10.5. The van der Waals surface area contributed by atoms with Crippen molar-refractivity contribution in [2.24, 2.45) is 0 Å². The van der Waals surface area contributed by atoms with Crippen LogP contribution < -0.4 is 0 Å². The van der Waals surface area contributed by atoms with Gasteiger partial charge in [-0.1, -0.05) is 36.4 Å². The fourth-order valence-electron chi connectivity index (χ4n) is 3.40. The lowest BCUT2D eigenvalue weighted by molar-refractivity contribution is 1.84. The minimum absolute atomic E-state index is 1.02. The van der Waals surface area contributed by atoms with Gasteiger partial charge in [-0.2, -0.15) is 0 Å². The number of rotatable bonds is 0. The molecule has 0 bridgehead atoms. The molecule has 0 atom stereocenters. The molecule has 0 aliphatic heterocycles. The molecule has 4 heteroatoms. The third-order valence-electron chi connectivity index (χ3n) is 4.99. The minimum Gasteiger partial charge on any atom is -0.127 e. The van der Waals surface area contributed by atoms with E-state index in [9.17, 15) is 0 Å². The van der Waals surface area contributed by atoms with Crippen molar-refractivity contribution in [3.05, 3.63) is 114 Å². The summed E-state index contributed by atoms with van der Waals surface area (Å²) in [6.45, 7) is 0. The van der Waals surface area contributed by atoms with Crippen molar-refractivity contribution >= 4 is 65.5 Å². The Morgan fingerprint density at radius 3 is 1.09 bits per heavy atom. The molecule has 34 heavy (non-hydrogen) atoms. The van der Waals surface area contributed by atoms with Crippen molar-refractivity contribution in [2.45, 2.75) is 0 Å². The van der Waals surface area contributed by atoms with Crippen molar-refractivity contribution in [2.75, 3.05) is 0 Å². The van der Waals surface area contributed by atoms with Crippen molar-refractivity contribution in [3.8, 4) is 35.5 Å². The zero-order valence-corrected chi connectivity index (χ0v) is 21.0. The Kier molecular flexibility index (Phi) is 5.78. The zero-order chi connectivity index (χ0) is 22.7. The molecule has 0 amide bonds. The lowest BCUT2D eigenvalue weighted by Crippen LogP contribution is -1.64. The van der Waals surface area contributed by atoms with Gasteiger partial charge in [-0.3, -0.25) is 0 Å². The molecule has 0 aliphatic rings. The molecule has 0 aliphatic carbocycles. The lowest BCUT2D eigenvalue weighted by atomic mass is 10.2. The molecular formula is C30H14S4. The first-order valence-corrected chi connectivity index (χ1v) is 13.8. The molecule has 0 saturated carbocycles. The van der Waals surface area contributed by atoms with E-state index in [-0.39, 0.29) is 0 Å². The molecule has 2 aromatic carbocycles. The van der Waals surface area contributed by atoms with E-state index in [0.29, 0.717) is 0 Å². The van der Waals surface area contributed by atoms with Gasteiger partial charge in [0.05, 0.1) is 29.3 Å². The summed E-state index contributed by atoms with van der Waals surface area (Å²) in [6.07, 6.45) is 0. The van der Waals surface area contributed by atoms with Gasteiger partial charge in [-0.15, -0.1) is 45.3 Å². The van der Waals surface area contributed by atoms with Gasteiger partial charge < -0.3 is 0 Å². The zero-order valence-electron chi connectivity index (χ0n) is 17.7. The second-order valence-electron chi connectivity index (χ2n) is 7.37. The number of thiophene rings is 4. The van der Waals surface area contributed by atoms with Crippen LogP contribution in [0.15, 0.2) is 84.9 Å². The van der Waals surface area contributed by atoms with Crippen molar-refractivity contribution < 1.29 is 0 Å². The van der Waals surface area contributed by atoms with Gasteiger partial charge in [-0.05, 0) is 94.8 Å². The second kappa shape index (κ2) is 9.36. The Labute approximate surface area is 214 Å². The van der Waals surface area contributed by atoms with Crippen LogP contribution in [0.1, 0.15) is 29.3 Å². The van der Waals surface area contributed by atoms with Gasteiger partial charge in [0.2, 0.25) is 0 Å². The van der Waals surface area contributed by atoms with Crippen molar-refractivity contribution in [1.29, 1.82) is 0 Å². The Hall–Kier alpha value is -3.56. The summed E-state index contributed by atoms with van der Waals surface area (Å²) in [4.78, 5) is 6.28. The summed E-state index contributed by atoms with van der Waals surface area (Å²) >= 11 is 6.72. The molecule has 0 N–H and O–H groups in total. The average Bonchev–Trinajstić information content (AvgIpc) is 3.65. The first kappa shape index (κ1) is 21.0. The summed E-state index contributed by atoms with van der Waals surface area (Å²) in [5.74, 6) is 19.7. The Bertz CT molecular complexity index is 1630. The number of hydrogen-bond acceptors (Lipinski definition) is 4. The Morgan fingerprint density at radius 2 is 0.706 bits per heavy atom. The summed E-state index contributed by atoms with van der Waals surface area (Å²) in [6, 6.07) is 29.3. The predicted octanol–water partition coefficient (Wildman–Crippen LogP) is 8.44. The van der Waals surface area contributed by atoms with Crippen LogP contribution in [0.25, 0.3) is 20.2 Å². The standard InChI is InChI=1S/C30H14S4/c1-3-7-29-21(5-1)19-27(33-29)17-15-25-13-11-23(31-25)9-10-24-12-14-26(32-24)16-18-28-20-22-6-2-4-8-30(22)34-28/h1-8,11-14,19-20H. The second-order valence-corrected chi connectivity index (χ2v) is 11.7. The highest BCUT2D eigenvalue weighted by Crippen LogP contribution is 2.26. The topological polar surface area (TPSA) is 0 Å². The van der Waals surface area contributed by atoms with E-state index in [4.69, 9.17) is 0 Å². The van der Waals surface area contributed by atoms with E-state index >= 15 is 0 Å². The molecule has 158 valence electrons. The van der Waals surface area contributed by atoms with Crippen LogP contribution in [0.5, 0.6) is 0 Å². The number of fused-ring (bicyclic) bond motifs is 2. The van der Waals surface area contributed by atoms with Crippen LogP contribution in [0.4, 0.5) is 0 Å². The summed E-state index contributed by atoms with van der Waals surface area (Å²) in [5.41, 5.74) is 0. The molecule has 0 saturated heterocycles. The highest BCUT2D eigenvalue weighted by molar-refractivity contribution is 7.20. The van der Waals surface area contributed by atoms with Gasteiger partial charge in [-0.25, -0.2) is 0 Å². The summed E-state index contributed by atoms with van der Waals surface area (Å²) < 4.78 is 2.54. The number of hydrogen-bond donors (Lipinski definition) is 0. The smallest absolute Gasteiger partial charge is 0.0785 e. The Balaban J connectivity index is 1.15. The molecule has 0 radical (unpaired) electrons. The normalized spacial score (nSPS) is 10.2. The van der Waals surface area contributed by atoms with E-state index in [1.54, 1.807) is 45.3 Å². The molecule has 4 heterocycles. The van der Waals surface area contributed by atoms with Gasteiger partial charge in [0, 0.05) is 9.40 Å². The van der Waals surface area contributed by atoms with Crippen LogP contribution in [0, 0.1) is 35.5 Å². The van der Waals surface area contributed by atoms with Crippen LogP contribution in [0.3, 0.4) is 0 Å². The first-order chi connectivity index (χ1) is 16.8. The molecule has 6 aromatic rings. The van der Waals surface area contributed by atoms with Gasteiger partial charge in [0.25, 0.3) is 0 Å². The largest absolute Gasteiger partial charge is 0.127 e. The molecule has 0 spiro atoms. The van der Waals surface area contributed by atoms with E-state index in [1.165, 1.54) is 20.2 Å². The monoisotopic (exact) mass is 502 g/mol. The molecular weight excluding hydrogens is 489 g/mol. The molecule has 0 unspecified atom stereocenters. The third kappa shape index (κ3) is 4.71.